The zero-order chi connectivity index (χ0) is 18.2. The zero-order valence-electron chi connectivity index (χ0n) is 16.2. The average molecular weight is 433 g/mol. The quantitative estimate of drug-likeness (QED) is 0.630. The van der Waals surface area contributed by atoms with Crippen molar-refractivity contribution in [3.8, 4) is 0 Å². The first kappa shape index (κ1) is 21.8. The number of aromatic nitrogens is 1. The second-order valence-corrected chi connectivity index (χ2v) is 7.52. The van der Waals surface area contributed by atoms with Crippen LogP contribution in [0.4, 0.5) is 0 Å². The highest BCUT2D eigenvalue weighted by atomic mass is 35.5. The molecule has 3 aromatic rings. The summed E-state index contributed by atoms with van der Waals surface area (Å²) in [4.78, 5) is 22.5. The van der Waals surface area contributed by atoms with E-state index in [0.29, 0.717) is 6.04 Å². The molecule has 2 aliphatic rings. The van der Waals surface area contributed by atoms with Crippen molar-refractivity contribution in [1.29, 1.82) is 0 Å². The maximum atomic E-state index is 13.4. The molecule has 1 unspecified atom stereocenters. The van der Waals surface area contributed by atoms with Gasteiger partial charge in [-0.15, -0.1) is 24.8 Å². The van der Waals surface area contributed by atoms with Gasteiger partial charge >= 0.3 is 0 Å². The summed E-state index contributed by atoms with van der Waals surface area (Å²) >= 11 is 0. The molecule has 0 saturated carbocycles. The fourth-order valence-corrected chi connectivity index (χ4v) is 4.53. The summed E-state index contributed by atoms with van der Waals surface area (Å²) in [6.45, 7) is 5.89. The molecule has 2 aromatic carbocycles. The molecule has 0 bridgehead atoms. The summed E-state index contributed by atoms with van der Waals surface area (Å²) < 4.78 is 0. The molecule has 2 saturated heterocycles. The van der Waals surface area contributed by atoms with Gasteiger partial charge in [0.05, 0.1) is 11.1 Å². The van der Waals surface area contributed by atoms with E-state index in [0.717, 1.165) is 72.9 Å². The molecule has 1 atom stereocenters. The molecule has 3 heterocycles. The third kappa shape index (κ3) is 4.05. The molecule has 2 aliphatic heterocycles. The number of fused-ring (bicyclic) bond motifs is 3. The molecule has 1 N–H and O–H groups in total. The third-order valence-electron chi connectivity index (χ3n) is 5.96. The Labute approximate surface area is 183 Å². The van der Waals surface area contributed by atoms with Crippen molar-refractivity contribution in [3.05, 3.63) is 54.2 Å². The first-order chi connectivity index (χ1) is 13.3. The van der Waals surface area contributed by atoms with Crippen molar-refractivity contribution in [2.24, 2.45) is 0 Å². The van der Waals surface area contributed by atoms with Crippen LogP contribution in [-0.4, -0.2) is 66.0 Å². The van der Waals surface area contributed by atoms with Crippen LogP contribution in [-0.2, 0) is 0 Å². The van der Waals surface area contributed by atoms with Crippen LogP contribution in [0.25, 0.3) is 21.7 Å². The first-order valence-electron chi connectivity index (χ1n) is 9.82. The van der Waals surface area contributed by atoms with Crippen molar-refractivity contribution in [2.75, 3.05) is 39.3 Å². The van der Waals surface area contributed by atoms with Crippen LogP contribution in [0.2, 0.25) is 0 Å². The standard InChI is InChI=1S/C22H24N4O.2ClH/c27-22(26-11-7-17(15-26)25-12-9-23-10-13-25)20-14-16-4-1-2-5-18(16)19-6-3-8-24-21(19)20;;/h1-6,8,14,17,23H,7,9-13,15H2;2*1H. The molecular formula is C22H26Cl2N4O. The predicted molar refractivity (Wildman–Crippen MR) is 122 cm³/mol. The Morgan fingerprint density at radius 1 is 1.00 bits per heavy atom. The highest BCUT2D eigenvalue weighted by Gasteiger charge is 2.32. The van der Waals surface area contributed by atoms with Crippen LogP contribution in [0.1, 0.15) is 16.8 Å². The van der Waals surface area contributed by atoms with Crippen LogP contribution in [0, 0.1) is 0 Å². The van der Waals surface area contributed by atoms with E-state index in [1.54, 1.807) is 6.20 Å². The number of pyridine rings is 1. The molecule has 0 spiro atoms. The Balaban J connectivity index is 0.00000120. The van der Waals surface area contributed by atoms with E-state index < -0.39 is 0 Å². The summed E-state index contributed by atoms with van der Waals surface area (Å²) in [6, 6.07) is 14.7. The number of piperazine rings is 1. The SMILES string of the molecule is Cl.Cl.O=C(c1cc2ccccc2c2cccnc12)N1CCC(N2CCNCC2)C1. The minimum absolute atomic E-state index is 0. The maximum absolute atomic E-state index is 13.4. The summed E-state index contributed by atoms with van der Waals surface area (Å²) in [5, 5.41) is 6.70. The molecule has 0 radical (unpaired) electrons. The third-order valence-corrected chi connectivity index (χ3v) is 5.96. The molecular weight excluding hydrogens is 407 g/mol. The molecule has 7 heteroatoms. The van der Waals surface area contributed by atoms with Crippen molar-refractivity contribution in [1.82, 2.24) is 20.1 Å². The van der Waals surface area contributed by atoms with E-state index in [1.165, 1.54) is 0 Å². The molecule has 5 rings (SSSR count). The monoisotopic (exact) mass is 432 g/mol. The lowest BCUT2D eigenvalue weighted by molar-refractivity contribution is 0.0775. The number of hydrogen-bond acceptors (Lipinski definition) is 4. The summed E-state index contributed by atoms with van der Waals surface area (Å²) in [5.74, 6) is 0.113. The Morgan fingerprint density at radius 3 is 2.59 bits per heavy atom. The topological polar surface area (TPSA) is 48.5 Å². The number of halogens is 2. The summed E-state index contributed by atoms with van der Waals surface area (Å²) in [7, 11) is 0. The van der Waals surface area contributed by atoms with Gasteiger partial charge in [0.2, 0.25) is 0 Å². The van der Waals surface area contributed by atoms with Gasteiger partial charge < -0.3 is 10.2 Å². The van der Waals surface area contributed by atoms with Crippen LogP contribution >= 0.6 is 24.8 Å². The molecule has 5 nitrogen and oxygen atoms in total. The fraction of sp³-hybridized carbons (Fsp3) is 0.364. The number of hydrogen-bond donors (Lipinski definition) is 1. The molecule has 0 aliphatic carbocycles. The van der Waals surface area contributed by atoms with Gasteiger partial charge in [-0.2, -0.15) is 0 Å². The lowest BCUT2D eigenvalue weighted by atomic mass is 10.00. The van der Waals surface area contributed by atoms with E-state index >= 15 is 0 Å². The smallest absolute Gasteiger partial charge is 0.256 e. The van der Waals surface area contributed by atoms with Crippen molar-refractivity contribution < 1.29 is 4.79 Å². The minimum Gasteiger partial charge on any atom is -0.337 e. The largest absolute Gasteiger partial charge is 0.337 e. The van der Waals surface area contributed by atoms with E-state index in [9.17, 15) is 4.79 Å². The van der Waals surface area contributed by atoms with Gasteiger partial charge in [-0.3, -0.25) is 14.7 Å². The lowest BCUT2D eigenvalue weighted by Crippen LogP contribution is -2.49. The van der Waals surface area contributed by atoms with Crippen LogP contribution in [0.15, 0.2) is 48.7 Å². The first-order valence-corrected chi connectivity index (χ1v) is 9.82. The number of rotatable bonds is 2. The highest BCUT2D eigenvalue weighted by molar-refractivity contribution is 6.15. The number of carbonyl (C=O) groups is 1. The zero-order valence-corrected chi connectivity index (χ0v) is 17.8. The van der Waals surface area contributed by atoms with Gasteiger partial charge in [-0.25, -0.2) is 0 Å². The Bertz CT molecular complexity index is 1010. The molecule has 1 amide bonds. The normalized spacial score (nSPS) is 19.7. The Hall–Kier alpha value is -1.92. The maximum Gasteiger partial charge on any atom is 0.256 e. The summed E-state index contributed by atoms with van der Waals surface area (Å²) in [6.07, 6.45) is 2.84. The van der Waals surface area contributed by atoms with Gasteiger partial charge in [0.25, 0.3) is 5.91 Å². The second kappa shape index (κ2) is 9.26. The van der Waals surface area contributed by atoms with Crippen LogP contribution < -0.4 is 5.32 Å². The molecule has 154 valence electrons. The number of nitrogens with one attached hydrogen (secondary N) is 1. The molecule has 29 heavy (non-hydrogen) atoms. The van der Waals surface area contributed by atoms with E-state index in [4.69, 9.17) is 0 Å². The second-order valence-electron chi connectivity index (χ2n) is 7.52. The number of carbonyl (C=O) groups excluding carboxylic acids is 1. The predicted octanol–water partition coefficient (Wildman–Crippen LogP) is 3.35. The number of nitrogens with zero attached hydrogens (tertiary/aromatic N) is 3. The average Bonchev–Trinajstić information content (AvgIpc) is 3.24. The molecule has 1 aromatic heterocycles. The van der Waals surface area contributed by atoms with Gasteiger partial charge in [-0.05, 0) is 29.3 Å². The van der Waals surface area contributed by atoms with Gasteiger partial charge in [-0.1, -0.05) is 30.3 Å². The summed E-state index contributed by atoms with van der Waals surface area (Å²) in [5.41, 5.74) is 1.54. The van der Waals surface area contributed by atoms with E-state index in [1.807, 2.05) is 29.2 Å². The van der Waals surface area contributed by atoms with E-state index in [2.05, 4.69) is 33.4 Å². The van der Waals surface area contributed by atoms with E-state index in [-0.39, 0.29) is 30.7 Å². The van der Waals surface area contributed by atoms with Crippen molar-refractivity contribution >= 4 is 52.4 Å². The number of amides is 1. The van der Waals surface area contributed by atoms with Gasteiger partial charge in [0, 0.05) is 56.9 Å². The molecule has 2 fully saturated rings. The van der Waals surface area contributed by atoms with Crippen molar-refractivity contribution in [2.45, 2.75) is 12.5 Å². The Kier molecular flexibility index (Phi) is 6.96. The lowest BCUT2D eigenvalue weighted by Gasteiger charge is -2.32. The fourth-order valence-electron chi connectivity index (χ4n) is 4.53. The van der Waals surface area contributed by atoms with Gasteiger partial charge in [0.15, 0.2) is 0 Å². The minimum atomic E-state index is 0. The van der Waals surface area contributed by atoms with Crippen LogP contribution in [0.5, 0.6) is 0 Å². The Morgan fingerprint density at radius 2 is 1.76 bits per heavy atom. The van der Waals surface area contributed by atoms with Gasteiger partial charge in [0.1, 0.15) is 0 Å². The highest BCUT2D eigenvalue weighted by Crippen LogP contribution is 2.29. The number of likely N-dealkylation sites (tertiary alicyclic amines) is 1. The number of benzene rings is 2. The van der Waals surface area contributed by atoms with Crippen molar-refractivity contribution in [3.63, 3.8) is 0 Å². The van der Waals surface area contributed by atoms with Crippen LogP contribution in [0.3, 0.4) is 0 Å².